The lowest BCUT2D eigenvalue weighted by Gasteiger charge is -2.34. The Morgan fingerprint density at radius 2 is 2.25 bits per heavy atom. The first-order chi connectivity index (χ1) is 9.35. The molecule has 0 saturated heterocycles. The van der Waals surface area contributed by atoms with Gasteiger partial charge in [0, 0.05) is 36.7 Å². The molecule has 2 heterocycles. The van der Waals surface area contributed by atoms with Crippen molar-refractivity contribution in [1.82, 2.24) is 9.88 Å². The predicted molar refractivity (Wildman–Crippen MR) is 74.1 cm³/mol. The van der Waals surface area contributed by atoms with Gasteiger partial charge in [0.05, 0.1) is 4.92 Å². The molecule has 6 heteroatoms. The van der Waals surface area contributed by atoms with E-state index >= 15 is 0 Å². The van der Waals surface area contributed by atoms with Crippen molar-refractivity contribution in [2.24, 2.45) is 5.41 Å². The molecule has 0 aliphatic carbocycles. The summed E-state index contributed by atoms with van der Waals surface area (Å²) >= 11 is 0. The van der Waals surface area contributed by atoms with Gasteiger partial charge in [0.15, 0.2) is 0 Å². The van der Waals surface area contributed by atoms with E-state index in [2.05, 4.69) is 4.98 Å². The largest absolute Gasteiger partial charge is 0.337 e. The molecule has 0 unspecified atom stereocenters. The van der Waals surface area contributed by atoms with Crippen LogP contribution in [-0.4, -0.2) is 27.3 Å². The van der Waals surface area contributed by atoms with Gasteiger partial charge in [0.25, 0.3) is 5.69 Å². The highest BCUT2D eigenvalue weighted by Crippen LogP contribution is 2.27. The van der Waals surface area contributed by atoms with E-state index in [-0.39, 0.29) is 11.6 Å². The molecule has 108 valence electrons. The zero-order chi connectivity index (χ0) is 14.9. The summed E-state index contributed by atoms with van der Waals surface area (Å²) in [6, 6.07) is 1.53. The Kier molecular flexibility index (Phi) is 3.74. The molecule has 2 rings (SSSR count). The van der Waals surface area contributed by atoms with Crippen molar-refractivity contribution < 1.29 is 9.72 Å². The maximum Gasteiger partial charge on any atom is 0.287 e. The monoisotopic (exact) mass is 277 g/mol. The maximum atomic E-state index is 12.5. The number of nitro groups is 1. The number of fused-ring (bicyclic) bond motifs is 1. The molecule has 0 fully saturated rings. The lowest BCUT2D eigenvalue weighted by atomic mass is 9.87. The van der Waals surface area contributed by atoms with Crippen LogP contribution >= 0.6 is 0 Å². The van der Waals surface area contributed by atoms with Crippen molar-refractivity contribution in [1.29, 1.82) is 0 Å². The number of aromatic nitrogens is 1. The fourth-order valence-corrected chi connectivity index (χ4v) is 2.27. The molecule has 1 aromatic heterocycles. The molecule has 1 aromatic rings. The van der Waals surface area contributed by atoms with Crippen LogP contribution < -0.4 is 0 Å². The molecule has 0 aromatic carbocycles. The van der Waals surface area contributed by atoms with Crippen LogP contribution in [0.15, 0.2) is 12.3 Å². The lowest BCUT2D eigenvalue weighted by molar-refractivity contribution is -0.385. The second kappa shape index (κ2) is 5.19. The minimum absolute atomic E-state index is 0.0206. The van der Waals surface area contributed by atoms with Crippen molar-refractivity contribution >= 4 is 11.6 Å². The molecule has 0 atom stereocenters. The van der Waals surface area contributed by atoms with Gasteiger partial charge in [0.1, 0.15) is 6.20 Å². The van der Waals surface area contributed by atoms with Crippen molar-refractivity contribution in [2.75, 3.05) is 6.54 Å². The molecule has 0 radical (unpaired) electrons. The van der Waals surface area contributed by atoms with Crippen LogP contribution in [0.1, 0.15) is 38.4 Å². The van der Waals surface area contributed by atoms with Crippen LogP contribution in [0.25, 0.3) is 0 Å². The van der Waals surface area contributed by atoms with Crippen LogP contribution in [0.5, 0.6) is 0 Å². The average molecular weight is 277 g/mol. The summed E-state index contributed by atoms with van der Waals surface area (Å²) in [5.74, 6) is 0.0946. The first-order valence-electron chi connectivity index (χ1n) is 6.76. The fraction of sp³-hybridized carbons (Fsp3) is 0.571. The number of carbonyl (C=O) groups excluding carboxylic acids is 1. The van der Waals surface area contributed by atoms with Crippen LogP contribution in [-0.2, 0) is 17.8 Å². The van der Waals surface area contributed by atoms with Crippen molar-refractivity contribution in [3.05, 3.63) is 33.6 Å². The molecule has 1 aliphatic rings. The summed E-state index contributed by atoms with van der Waals surface area (Å²) in [6.45, 7) is 6.88. The summed E-state index contributed by atoms with van der Waals surface area (Å²) in [5, 5.41) is 10.8. The van der Waals surface area contributed by atoms with Crippen LogP contribution in [0.4, 0.5) is 5.69 Å². The summed E-state index contributed by atoms with van der Waals surface area (Å²) < 4.78 is 0. The molecule has 0 spiro atoms. The summed E-state index contributed by atoms with van der Waals surface area (Å²) in [4.78, 5) is 28.7. The van der Waals surface area contributed by atoms with E-state index in [1.54, 1.807) is 4.90 Å². The van der Waals surface area contributed by atoms with Gasteiger partial charge in [-0.3, -0.25) is 19.9 Å². The third-order valence-corrected chi connectivity index (χ3v) is 3.99. The minimum atomic E-state index is -0.454. The first-order valence-corrected chi connectivity index (χ1v) is 6.76. The van der Waals surface area contributed by atoms with Gasteiger partial charge in [-0.05, 0) is 12.0 Å². The van der Waals surface area contributed by atoms with Gasteiger partial charge in [-0.15, -0.1) is 0 Å². The van der Waals surface area contributed by atoms with Gasteiger partial charge in [-0.1, -0.05) is 20.8 Å². The Morgan fingerprint density at radius 1 is 1.55 bits per heavy atom. The number of rotatable bonds is 3. The molecule has 1 amide bonds. The van der Waals surface area contributed by atoms with Crippen LogP contribution in [0, 0.1) is 15.5 Å². The number of hydrogen-bond donors (Lipinski definition) is 0. The van der Waals surface area contributed by atoms with Gasteiger partial charge < -0.3 is 4.90 Å². The van der Waals surface area contributed by atoms with E-state index < -0.39 is 10.3 Å². The number of hydrogen-bond acceptors (Lipinski definition) is 4. The van der Waals surface area contributed by atoms with Gasteiger partial charge in [0.2, 0.25) is 5.91 Å². The topological polar surface area (TPSA) is 76.3 Å². The highest BCUT2D eigenvalue weighted by atomic mass is 16.6. The van der Waals surface area contributed by atoms with Gasteiger partial charge in [-0.2, -0.15) is 0 Å². The highest BCUT2D eigenvalue weighted by Gasteiger charge is 2.32. The maximum absolute atomic E-state index is 12.5. The van der Waals surface area contributed by atoms with Gasteiger partial charge >= 0.3 is 0 Å². The Balaban J connectivity index is 2.24. The minimum Gasteiger partial charge on any atom is -0.337 e. The number of amides is 1. The number of pyridine rings is 1. The second-order valence-corrected chi connectivity index (χ2v) is 5.77. The SMILES string of the molecule is CCC(C)(C)C(=O)N1CCc2ncc([N+](=O)[O-])cc2C1. The van der Waals surface area contributed by atoms with Crippen molar-refractivity contribution in [3.8, 4) is 0 Å². The summed E-state index contributed by atoms with van der Waals surface area (Å²) in [6.07, 6.45) is 2.70. The first kappa shape index (κ1) is 14.4. The normalized spacial score (nSPS) is 14.8. The highest BCUT2D eigenvalue weighted by molar-refractivity contribution is 5.82. The van der Waals surface area contributed by atoms with Crippen LogP contribution in [0.2, 0.25) is 0 Å². The van der Waals surface area contributed by atoms with Crippen LogP contribution in [0.3, 0.4) is 0 Å². The second-order valence-electron chi connectivity index (χ2n) is 5.77. The lowest BCUT2D eigenvalue weighted by Crippen LogP contribution is -2.43. The zero-order valence-electron chi connectivity index (χ0n) is 12.0. The standard InChI is InChI=1S/C14H19N3O3/c1-4-14(2,3)13(18)16-6-5-12-10(9-16)7-11(8-15-12)17(19)20/h7-8H,4-6,9H2,1-3H3. The summed E-state index contributed by atoms with van der Waals surface area (Å²) in [7, 11) is 0. The molecule has 0 N–H and O–H groups in total. The average Bonchev–Trinajstić information content (AvgIpc) is 2.45. The molecule has 0 saturated carbocycles. The molecular formula is C14H19N3O3. The number of carbonyl (C=O) groups is 1. The summed E-state index contributed by atoms with van der Waals surface area (Å²) in [5.41, 5.74) is 1.22. The Morgan fingerprint density at radius 3 is 2.85 bits per heavy atom. The smallest absolute Gasteiger partial charge is 0.287 e. The van der Waals surface area contributed by atoms with Crippen molar-refractivity contribution in [2.45, 2.75) is 40.2 Å². The molecule has 6 nitrogen and oxygen atoms in total. The Labute approximate surface area is 118 Å². The number of nitrogens with zero attached hydrogens (tertiary/aromatic N) is 3. The molecule has 1 aliphatic heterocycles. The van der Waals surface area contributed by atoms with E-state index in [9.17, 15) is 14.9 Å². The fourth-order valence-electron chi connectivity index (χ4n) is 2.27. The van der Waals surface area contributed by atoms with E-state index in [0.717, 1.165) is 17.7 Å². The third kappa shape index (κ3) is 2.64. The third-order valence-electron chi connectivity index (χ3n) is 3.99. The predicted octanol–water partition coefficient (Wildman–Crippen LogP) is 2.31. The van der Waals surface area contributed by atoms with E-state index in [1.807, 2.05) is 20.8 Å². The Bertz CT molecular complexity index is 555. The van der Waals surface area contributed by atoms with Gasteiger partial charge in [-0.25, -0.2) is 0 Å². The Hall–Kier alpha value is -1.98. The van der Waals surface area contributed by atoms with Crippen molar-refractivity contribution in [3.63, 3.8) is 0 Å². The quantitative estimate of drug-likeness (QED) is 0.627. The van der Waals surface area contributed by atoms with E-state index in [4.69, 9.17) is 0 Å². The molecule has 0 bridgehead atoms. The van der Waals surface area contributed by atoms with E-state index in [0.29, 0.717) is 19.5 Å². The molecular weight excluding hydrogens is 258 g/mol. The zero-order valence-corrected chi connectivity index (χ0v) is 12.0. The molecule has 20 heavy (non-hydrogen) atoms. The van der Waals surface area contributed by atoms with E-state index in [1.165, 1.54) is 12.3 Å².